The summed E-state index contributed by atoms with van der Waals surface area (Å²) in [6.07, 6.45) is -1.36. The van der Waals surface area contributed by atoms with E-state index in [1.807, 2.05) is 0 Å². The van der Waals surface area contributed by atoms with Gasteiger partial charge in [-0.3, -0.25) is 0 Å². The number of hydrogen-bond donors (Lipinski definition) is 0. The maximum absolute atomic E-state index is 11.9. The first-order chi connectivity index (χ1) is 7.92. The monoisotopic (exact) mass is 266 g/mol. The highest BCUT2D eigenvalue weighted by atomic mass is 35.5. The lowest BCUT2D eigenvalue weighted by Crippen LogP contribution is -2.17. The normalized spacial score (nSPS) is 12.1. The zero-order valence-electron chi connectivity index (χ0n) is 8.92. The van der Waals surface area contributed by atoms with Crippen molar-refractivity contribution in [2.24, 2.45) is 0 Å². The Morgan fingerprint density at radius 2 is 2.06 bits per heavy atom. The van der Waals surface area contributed by atoms with Gasteiger partial charge in [0.2, 0.25) is 0 Å². The highest BCUT2D eigenvalue weighted by molar-refractivity contribution is 6.32. The Hall–Kier alpha value is -1.20. The van der Waals surface area contributed by atoms with Crippen molar-refractivity contribution < 1.29 is 22.6 Å². The van der Waals surface area contributed by atoms with Crippen LogP contribution in [0.5, 0.6) is 5.75 Å². The topological polar surface area (TPSA) is 18.5 Å². The Morgan fingerprint density at radius 3 is 2.59 bits per heavy atom. The van der Waals surface area contributed by atoms with Crippen LogP contribution in [0.4, 0.5) is 13.2 Å². The maximum atomic E-state index is 11.9. The summed E-state index contributed by atoms with van der Waals surface area (Å²) in [6, 6.07) is 3.75. The highest BCUT2D eigenvalue weighted by Crippen LogP contribution is 2.28. The number of halogens is 4. The van der Waals surface area contributed by atoms with E-state index in [9.17, 15) is 13.2 Å². The fourth-order valence-corrected chi connectivity index (χ4v) is 1.34. The van der Waals surface area contributed by atoms with E-state index in [0.29, 0.717) is 12.2 Å². The van der Waals surface area contributed by atoms with Crippen LogP contribution in [0.25, 0.3) is 6.08 Å². The second kappa shape index (κ2) is 5.93. The van der Waals surface area contributed by atoms with Crippen LogP contribution >= 0.6 is 11.6 Å². The van der Waals surface area contributed by atoms with Gasteiger partial charge >= 0.3 is 6.36 Å². The van der Waals surface area contributed by atoms with E-state index in [0.717, 1.165) is 6.07 Å². The molecule has 0 saturated carbocycles. The second-order valence-corrected chi connectivity index (χ2v) is 3.50. The minimum Gasteiger partial charge on any atom is -0.406 e. The maximum Gasteiger partial charge on any atom is 0.573 e. The molecule has 0 aromatic heterocycles. The number of ether oxygens (including phenoxy) is 2. The molecule has 0 amide bonds. The number of benzene rings is 1. The summed E-state index contributed by atoms with van der Waals surface area (Å²) in [5.74, 6) is -0.341. The van der Waals surface area contributed by atoms with E-state index < -0.39 is 6.36 Å². The van der Waals surface area contributed by atoms with Crippen LogP contribution in [-0.4, -0.2) is 20.1 Å². The van der Waals surface area contributed by atoms with Crippen molar-refractivity contribution in [2.75, 3.05) is 13.7 Å². The van der Waals surface area contributed by atoms with E-state index in [1.54, 1.807) is 12.2 Å². The lowest BCUT2D eigenvalue weighted by atomic mass is 10.2. The zero-order chi connectivity index (χ0) is 12.9. The average Bonchev–Trinajstić information content (AvgIpc) is 2.19. The van der Waals surface area contributed by atoms with Crippen LogP contribution in [0.15, 0.2) is 24.3 Å². The van der Waals surface area contributed by atoms with E-state index in [-0.39, 0.29) is 10.8 Å². The molecule has 17 heavy (non-hydrogen) atoms. The molecular weight excluding hydrogens is 257 g/mol. The smallest absolute Gasteiger partial charge is 0.406 e. The third-order valence-electron chi connectivity index (χ3n) is 1.77. The van der Waals surface area contributed by atoms with E-state index in [1.165, 1.54) is 19.2 Å². The van der Waals surface area contributed by atoms with Crippen LogP contribution in [0.2, 0.25) is 5.02 Å². The molecule has 2 nitrogen and oxygen atoms in total. The molecule has 0 spiro atoms. The minimum absolute atomic E-state index is 0.180. The van der Waals surface area contributed by atoms with Gasteiger partial charge in [0.15, 0.2) is 0 Å². The molecule has 0 unspecified atom stereocenters. The molecule has 0 saturated heterocycles. The van der Waals surface area contributed by atoms with Gasteiger partial charge in [0.25, 0.3) is 0 Å². The Balaban J connectivity index is 2.79. The van der Waals surface area contributed by atoms with Gasteiger partial charge in [-0.2, -0.15) is 0 Å². The summed E-state index contributed by atoms with van der Waals surface area (Å²) in [5, 5.41) is 0.180. The summed E-state index contributed by atoms with van der Waals surface area (Å²) < 4.78 is 44.3. The van der Waals surface area contributed by atoms with Crippen LogP contribution in [0.1, 0.15) is 5.56 Å². The van der Waals surface area contributed by atoms with Gasteiger partial charge in [-0.25, -0.2) is 0 Å². The van der Waals surface area contributed by atoms with Crippen LogP contribution in [-0.2, 0) is 4.74 Å². The number of alkyl halides is 3. The Morgan fingerprint density at radius 1 is 1.35 bits per heavy atom. The number of methoxy groups -OCH3 is 1. The van der Waals surface area contributed by atoms with Crippen LogP contribution in [0.3, 0.4) is 0 Å². The highest BCUT2D eigenvalue weighted by Gasteiger charge is 2.31. The molecule has 0 aliphatic heterocycles. The fourth-order valence-electron chi connectivity index (χ4n) is 1.11. The summed E-state index contributed by atoms with van der Waals surface area (Å²) in [7, 11) is 1.53. The van der Waals surface area contributed by atoms with E-state index in [4.69, 9.17) is 16.3 Å². The molecule has 0 heterocycles. The molecule has 0 aliphatic carbocycles. The first kappa shape index (κ1) is 13.9. The predicted molar refractivity (Wildman–Crippen MR) is 59.0 cm³/mol. The van der Waals surface area contributed by atoms with Gasteiger partial charge in [-0.05, 0) is 23.8 Å². The van der Waals surface area contributed by atoms with Crippen molar-refractivity contribution in [3.8, 4) is 5.75 Å². The fraction of sp³-hybridized carbons (Fsp3) is 0.273. The van der Waals surface area contributed by atoms with Crippen molar-refractivity contribution in [1.82, 2.24) is 0 Å². The molecule has 1 rings (SSSR count). The van der Waals surface area contributed by atoms with Crippen molar-refractivity contribution in [3.63, 3.8) is 0 Å². The largest absolute Gasteiger partial charge is 0.573 e. The Kier molecular flexibility index (Phi) is 4.84. The van der Waals surface area contributed by atoms with E-state index in [2.05, 4.69) is 4.74 Å². The van der Waals surface area contributed by atoms with Gasteiger partial charge in [0.05, 0.1) is 11.6 Å². The summed E-state index contributed by atoms with van der Waals surface area (Å²) >= 11 is 5.80. The molecule has 0 aliphatic rings. The van der Waals surface area contributed by atoms with Gasteiger partial charge in [0, 0.05) is 7.11 Å². The molecular formula is C11H10ClF3O2. The van der Waals surface area contributed by atoms with Gasteiger partial charge in [-0.15, -0.1) is 13.2 Å². The molecule has 0 N–H and O–H groups in total. The molecule has 0 bridgehead atoms. The quantitative estimate of drug-likeness (QED) is 0.823. The van der Waals surface area contributed by atoms with Gasteiger partial charge in [0.1, 0.15) is 5.75 Å². The standard InChI is InChI=1S/C11H10ClF3O2/c1-16-6-2-3-8-4-5-9(7-10(8)12)17-11(13,14)15/h2-5,7H,6H2,1H3. The molecule has 6 heteroatoms. The van der Waals surface area contributed by atoms with Crippen LogP contribution < -0.4 is 4.74 Å². The molecule has 0 fully saturated rings. The summed E-state index contributed by atoms with van der Waals surface area (Å²) in [4.78, 5) is 0. The SMILES string of the molecule is COCC=Cc1ccc(OC(F)(F)F)cc1Cl. The summed E-state index contributed by atoms with van der Waals surface area (Å²) in [6.45, 7) is 0.400. The first-order valence-electron chi connectivity index (χ1n) is 4.63. The number of hydrogen-bond acceptors (Lipinski definition) is 2. The molecule has 94 valence electrons. The zero-order valence-corrected chi connectivity index (χ0v) is 9.68. The van der Waals surface area contributed by atoms with Gasteiger partial charge in [-0.1, -0.05) is 23.8 Å². The Labute approximate surface area is 102 Å². The minimum atomic E-state index is -4.71. The van der Waals surface area contributed by atoms with Crippen LogP contribution in [0, 0.1) is 0 Å². The van der Waals surface area contributed by atoms with Crippen molar-refractivity contribution in [3.05, 3.63) is 34.9 Å². The third kappa shape index (κ3) is 5.10. The van der Waals surface area contributed by atoms with Crippen molar-refractivity contribution in [1.29, 1.82) is 0 Å². The van der Waals surface area contributed by atoms with Gasteiger partial charge < -0.3 is 9.47 Å². The summed E-state index contributed by atoms with van der Waals surface area (Å²) in [5.41, 5.74) is 0.596. The molecule has 0 radical (unpaired) electrons. The number of rotatable bonds is 4. The first-order valence-corrected chi connectivity index (χ1v) is 5.01. The second-order valence-electron chi connectivity index (χ2n) is 3.09. The van der Waals surface area contributed by atoms with Crippen molar-refractivity contribution in [2.45, 2.75) is 6.36 Å². The average molecular weight is 267 g/mol. The molecule has 1 aromatic carbocycles. The lowest BCUT2D eigenvalue weighted by molar-refractivity contribution is -0.274. The van der Waals surface area contributed by atoms with Crippen molar-refractivity contribution >= 4 is 17.7 Å². The lowest BCUT2D eigenvalue weighted by Gasteiger charge is -2.09. The third-order valence-corrected chi connectivity index (χ3v) is 2.09. The Bertz CT molecular complexity index is 402. The molecule has 1 aromatic rings. The predicted octanol–water partition coefficient (Wildman–Crippen LogP) is 3.90. The van der Waals surface area contributed by atoms with E-state index >= 15 is 0 Å². The molecule has 0 atom stereocenters.